The molecule has 128 valence electrons. The number of carbonyl (C=O) groups excluding carboxylic acids is 1. The van der Waals surface area contributed by atoms with Crippen molar-refractivity contribution in [2.75, 3.05) is 13.1 Å². The predicted molar refractivity (Wildman–Crippen MR) is 89.9 cm³/mol. The molecule has 1 amide bonds. The number of likely N-dealkylation sites (tertiary alicyclic amines) is 1. The van der Waals surface area contributed by atoms with E-state index in [0.717, 1.165) is 12.8 Å². The number of amides is 1. The van der Waals surface area contributed by atoms with Gasteiger partial charge in [-0.15, -0.1) is 0 Å². The fourth-order valence-corrected chi connectivity index (χ4v) is 3.61. The number of aryl methyl sites for hydroxylation is 1. The van der Waals surface area contributed by atoms with E-state index in [-0.39, 0.29) is 22.2 Å². The van der Waals surface area contributed by atoms with Crippen LogP contribution < -0.4 is 4.18 Å². The van der Waals surface area contributed by atoms with Crippen molar-refractivity contribution in [1.29, 1.82) is 0 Å². The Bertz CT molecular complexity index is 870. The van der Waals surface area contributed by atoms with Gasteiger partial charge in [-0.1, -0.05) is 11.6 Å². The number of halogens is 1. The molecule has 1 aromatic heterocycles. The van der Waals surface area contributed by atoms with Gasteiger partial charge in [0.2, 0.25) is 0 Å². The third-order valence-electron chi connectivity index (χ3n) is 3.90. The Morgan fingerprint density at radius 3 is 2.62 bits per heavy atom. The van der Waals surface area contributed by atoms with Gasteiger partial charge in [-0.2, -0.15) is 8.42 Å². The molecule has 1 aliphatic heterocycles. The smallest absolute Gasteiger partial charge is 0.340 e. The van der Waals surface area contributed by atoms with Gasteiger partial charge in [0, 0.05) is 24.3 Å². The number of H-pyrrole nitrogens is 1. The molecule has 0 bridgehead atoms. The van der Waals surface area contributed by atoms with E-state index in [1.54, 1.807) is 24.0 Å². The number of hydrogen-bond acceptors (Lipinski definition) is 4. The quantitative estimate of drug-likeness (QED) is 0.841. The molecule has 2 heterocycles. The van der Waals surface area contributed by atoms with Crippen LogP contribution in [0.1, 0.15) is 28.9 Å². The Kier molecular flexibility index (Phi) is 4.56. The number of nitrogens with zero attached hydrogens (tertiary/aromatic N) is 1. The molecular formula is C16H17ClN2O4S. The number of carbonyl (C=O) groups is 1. The third-order valence-corrected chi connectivity index (χ3v) is 5.55. The van der Waals surface area contributed by atoms with Crippen LogP contribution in [0.4, 0.5) is 0 Å². The molecule has 0 atom stereocenters. The molecule has 0 aliphatic carbocycles. The molecule has 1 N–H and O–H groups in total. The number of rotatable bonds is 4. The van der Waals surface area contributed by atoms with Gasteiger partial charge in [0.25, 0.3) is 5.91 Å². The Balaban J connectivity index is 1.79. The van der Waals surface area contributed by atoms with Gasteiger partial charge in [0.15, 0.2) is 0 Å². The van der Waals surface area contributed by atoms with Crippen molar-refractivity contribution in [2.45, 2.75) is 24.7 Å². The SMILES string of the molecule is Cc1cc(OS(=O)(=O)c2c[nH]c(C(=O)N3CCCC3)c2)ccc1Cl. The Hall–Kier alpha value is -1.99. The summed E-state index contributed by atoms with van der Waals surface area (Å²) in [4.78, 5) is 16.6. The van der Waals surface area contributed by atoms with Gasteiger partial charge in [-0.05, 0) is 49.6 Å². The molecule has 1 fully saturated rings. The lowest BCUT2D eigenvalue weighted by Crippen LogP contribution is -2.27. The van der Waals surface area contributed by atoms with Crippen LogP contribution in [0.25, 0.3) is 0 Å². The highest BCUT2D eigenvalue weighted by molar-refractivity contribution is 7.87. The van der Waals surface area contributed by atoms with Crippen LogP contribution in [-0.4, -0.2) is 37.3 Å². The highest BCUT2D eigenvalue weighted by Gasteiger charge is 2.24. The molecule has 3 rings (SSSR count). The fraction of sp³-hybridized carbons (Fsp3) is 0.312. The highest BCUT2D eigenvalue weighted by Crippen LogP contribution is 2.25. The summed E-state index contributed by atoms with van der Waals surface area (Å²) < 4.78 is 29.8. The second-order valence-corrected chi connectivity index (χ2v) is 7.65. The van der Waals surface area contributed by atoms with Crippen LogP contribution in [-0.2, 0) is 10.1 Å². The molecule has 0 saturated carbocycles. The first-order valence-corrected chi connectivity index (χ1v) is 9.34. The van der Waals surface area contributed by atoms with Gasteiger partial charge in [-0.25, -0.2) is 0 Å². The summed E-state index contributed by atoms with van der Waals surface area (Å²) in [6, 6.07) is 5.90. The van der Waals surface area contributed by atoms with Gasteiger partial charge >= 0.3 is 10.1 Å². The van der Waals surface area contributed by atoms with Crippen molar-refractivity contribution in [3.05, 3.63) is 46.7 Å². The van der Waals surface area contributed by atoms with Crippen molar-refractivity contribution in [2.24, 2.45) is 0 Å². The van der Waals surface area contributed by atoms with E-state index in [9.17, 15) is 13.2 Å². The largest absolute Gasteiger partial charge is 0.379 e. The summed E-state index contributed by atoms with van der Waals surface area (Å²) >= 11 is 5.92. The van der Waals surface area contributed by atoms with Crippen LogP contribution in [0.5, 0.6) is 5.75 Å². The topological polar surface area (TPSA) is 79.5 Å². The molecule has 0 radical (unpaired) electrons. The van der Waals surface area contributed by atoms with Gasteiger partial charge in [0.05, 0.1) is 0 Å². The highest BCUT2D eigenvalue weighted by atomic mass is 35.5. The number of aromatic nitrogens is 1. The molecule has 1 saturated heterocycles. The lowest BCUT2D eigenvalue weighted by molar-refractivity contribution is 0.0787. The van der Waals surface area contributed by atoms with Crippen LogP contribution in [0.15, 0.2) is 35.4 Å². The van der Waals surface area contributed by atoms with Gasteiger partial charge in [-0.3, -0.25) is 4.79 Å². The van der Waals surface area contributed by atoms with E-state index in [0.29, 0.717) is 23.7 Å². The summed E-state index contributed by atoms with van der Waals surface area (Å²) in [6.45, 7) is 3.14. The summed E-state index contributed by atoms with van der Waals surface area (Å²) in [5.41, 5.74) is 0.953. The van der Waals surface area contributed by atoms with E-state index in [1.165, 1.54) is 18.3 Å². The first-order valence-electron chi connectivity index (χ1n) is 7.55. The summed E-state index contributed by atoms with van der Waals surface area (Å²) in [5, 5.41) is 0.528. The predicted octanol–water partition coefficient (Wildman–Crippen LogP) is 2.98. The van der Waals surface area contributed by atoms with Gasteiger partial charge in [0.1, 0.15) is 16.3 Å². The molecule has 2 aromatic rings. The Morgan fingerprint density at radius 1 is 1.25 bits per heavy atom. The normalized spacial score (nSPS) is 14.8. The zero-order chi connectivity index (χ0) is 17.3. The minimum atomic E-state index is -4.02. The standard InChI is InChI=1S/C16H17ClN2O4S/c1-11-8-12(4-5-14(11)17)23-24(21,22)13-9-15(18-10-13)16(20)19-6-2-3-7-19/h4-5,8-10,18H,2-3,6-7H2,1H3. The first-order chi connectivity index (χ1) is 11.4. The lowest BCUT2D eigenvalue weighted by atomic mass is 10.2. The summed E-state index contributed by atoms with van der Waals surface area (Å²) in [7, 11) is -4.02. The fourth-order valence-electron chi connectivity index (χ4n) is 2.58. The van der Waals surface area contributed by atoms with E-state index in [4.69, 9.17) is 15.8 Å². The molecule has 0 spiro atoms. The number of nitrogens with one attached hydrogen (secondary N) is 1. The third kappa shape index (κ3) is 3.42. The average molecular weight is 369 g/mol. The van der Waals surface area contributed by atoms with Crippen molar-refractivity contribution in [1.82, 2.24) is 9.88 Å². The molecule has 8 heteroatoms. The maximum atomic E-state index is 12.4. The first kappa shape index (κ1) is 16.9. The maximum Gasteiger partial charge on any atom is 0.340 e. The van der Waals surface area contributed by atoms with Crippen LogP contribution >= 0.6 is 11.6 Å². The molecule has 0 unspecified atom stereocenters. The molecule has 24 heavy (non-hydrogen) atoms. The number of hydrogen-bond donors (Lipinski definition) is 1. The monoisotopic (exact) mass is 368 g/mol. The molecular weight excluding hydrogens is 352 g/mol. The molecule has 1 aromatic carbocycles. The summed E-state index contributed by atoms with van der Waals surface area (Å²) in [5.74, 6) is -0.0261. The van der Waals surface area contributed by atoms with E-state index < -0.39 is 10.1 Å². The van der Waals surface area contributed by atoms with E-state index in [1.807, 2.05) is 0 Å². The van der Waals surface area contributed by atoms with Gasteiger partial charge < -0.3 is 14.1 Å². The second kappa shape index (κ2) is 6.49. The van der Waals surface area contributed by atoms with E-state index in [2.05, 4.69) is 4.98 Å². The Labute approximate surface area is 145 Å². The van der Waals surface area contributed by atoms with Crippen molar-refractivity contribution in [3.63, 3.8) is 0 Å². The molecule has 1 aliphatic rings. The second-order valence-electron chi connectivity index (χ2n) is 5.70. The van der Waals surface area contributed by atoms with Crippen LogP contribution in [0, 0.1) is 6.92 Å². The maximum absolute atomic E-state index is 12.4. The Morgan fingerprint density at radius 2 is 1.96 bits per heavy atom. The van der Waals surface area contributed by atoms with E-state index >= 15 is 0 Å². The molecule has 6 nitrogen and oxygen atoms in total. The van der Waals surface area contributed by atoms with Crippen molar-refractivity contribution >= 4 is 27.6 Å². The van der Waals surface area contributed by atoms with Crippen molar-refractivity contribution < 1.29 is 17.4 Å². The minimum absolute atomic E-state index is 0.0855. The lowest BCUT2D eigenvalue weighted by Gasteiger charge is -2.13. The summed E-state index contributed by atoms with van der Waals surface area (Å²) in [6.07, 6.45) is 3.20. The average Bonchev–Trinajstić information content (AvgIpc) is 3.21. The zero-order valence-electron chi connectivity index (χ0n) is 13.1. The van der Waals surface area contributed by atoms with Crippen LogP contribution in [0.3, 0.4) is 0 Å². The number of benzene rings is 1. The van der Waals surface area contributed by atoms with Crippen molar-refractivity contribution in [3.8, 4) is 5.75 Å². The van der Waals surface area contributed by atoms with Crippen LogP contribution in [0.2, 0.25) is 5.02 Å². The number of aromatic amines is 1. The zero-order valence-corrected chi connectivity index (χ0v) is 14.7. The minimum Gasteiger partial charge on any atom is -0.379 e.